The maximum absolute atomic E-state index is 11.8. The van der Waals surface area contributed by atoms with Gasteiger partial charge in [0, 0.05) is 38.8 Å². The average molecular weight is 288 g/mol. The van der Waals surface area contributed by atoms with Crippen LogP contribution in [0.1, 0.15) is 44.6 Å². The topological polar surface area (TPSA) is 41.4 Å². The lowest BCUT2D eigenvalue weighted by molar-refractivity contribution is -0.117. The number of carbonyl (C=O) groups excluding carboxylic acids is 1. The van der Waals surface area contributed by atoms with Gasteiger partial charge in [0.15, 0.2) is 0 Å². The SMILES string of the molecule is O=C1CCCN1c1cnn(C2CCN(CC3CCC3)C2)c1. The van der Waals surface area contributed by atoms with Gasteiger partial charge >= 0.3 is 0 Å². The number of rotatable bonds is 4. The molecule has 1 aliphatic carbocycles. The van der Waals surface area contributed by atoms with E-state index < -0.39 is 0 Å². The van der Waals surface area contributed by atoms with Gasteiger partial charge in [0.25, 0.3) is 0 Å². The highest BCUT2D eigenvalue weighted by Crippen LogP contribution is 2.30. The van der Waals surface area contributed by atoms with E-state index in [9.17, 15) is 4.79 Å². The summed E-state index contributed by atoms with van der Waals surface area (Å²) in [7, 11) is 0. The Labute approximate surface area is 125 Å². The summed E-state index contributed by atoms with van der Waals surface area (Å²) >= 11 is 0. The molecule has 3 heterocycles. The Morgan fingerprint density at radius 3 is 2.81 bits per heavy atom. The number of likely N-dealkylation sites (tertiary alicyclic amines) is 1. The van der Waals surface area contributed by atoms with Crippen molar-refractivity contribution >= 4 is 11.6 Å². The van der Waals surface area contributed by atoms with Gasteiger partial charge in [-0.2, -0.15) is 5.10 Å². The zero-order valence-electron chi connectivity index (χ0n) is 12.6. The zero-order chi connectivity index (χ0) is 14.2. The van der Waals surface area contributed by atoms with Gasteiger partial charge in [-0.25, -0.2) is 0 Å². The summed E-state index contributed by atoms with van der Waals surface area (Å²) in [6, 6.07) is 0.483. The molecule has 114 valence electrons. The van der Waals surface area contributed by atoms with Crippen LogP contribution in [0, 0.1) is 5.92 Å². The van der Waals surface area contributed by atoms with Crippen molar-refractivity contribution in [3.05, 3.63) is 12.4 Å². The third-order valence-electron chi connectivity index (χ3n) is 5.34. The number of aromatic nitrogens is 2. The van der Waals surface area contributed by atoms with Crippen LogP contribution in [0.25, 0.3) is 0 Å². The van der Waals surface area contributed by atoms with E-state index in [1.807, 2.05) is 11.1 Å². The van der Waals surface area contributed by atoms with Crippen molar-refractivity contribution in [2.75, 3.05) is 31.1 Å². The maximum Gasteiger partial charge on any atom is 0.227 e. The molecule has 5 nitrogen and oxygen atoms in total. The Kier molecular flexibility index (Phi) is 3.45. The highest BCUT2D eigenvalue weighted by atomic mass is 16.2. The van der Waals surface area contributed by atoms with E-state index in [0.717, 1.165) is 31.1 Å². The van der Waals surface area contributed by atoms with E-state index in [2.05, 4.69) is 20.9 Å². The Balaban J connectivity index is 1.38. The molecule has 4 rings (SSSR count). The van der Waals surface area contributed by atoms with Crippen molar-refractivity contribution in [1.29, 1.82) is 0 Å². The third kappa shape index (κ3) is 2.59. The number of carbonyl (C=O) groups is 1. The van der Waals surface area contributed by atoms with Gasteiger partial charge in [-0.05, 0) is 31.6 Å². The normalized spacial score (nSPS) is 27.5. The summed E-state index contributed by atoms with van der Waals surface area (Å²) in [5, 5.41) is 4.52. The fraction of sp³-hybridized carbons (Fsp3) is 0.750. The second kappa shape index (κ2) is 5.44. The standard InChI is InChI=1S/C16H24N4O/c21-16-5-2-7-19(16)15-9-17-20(12-15)14-6-8-18(11-14)10-13-3-1-4-13/h9,12-14H,1-8,10-11H2. The first-order valence-corrected chi connectivity index (χ1v) is 8.36. The molecule has 1 atom stereocenters. The van der Waals surface area contributed by atoms with Crippen molar-refractivity contribution in [1.82, 2.24) is 14.7 Å². The number of hydrogen-bond acceptors (Lipinski definition) is 3. The molecule has 3 aliphatic rings. The van der Waals surface area contributed by atoms with E-state index in [0.29, 0.717) is 12.5 Å². The fourth-order valence-corrected chi connectivity index (χ4v) is 3.82. The van der Waals surface area contributed by atoms with E-state index >= 15 is 0 Å². The molecule has 0 spiro atoms. The fourth-order valence-electron chi connectivity index (χ4n) is 3.82. The van der Waals surface area contributed by atoms with E-state index in [4.69, 9.17) is 0 Å². The van der Waals surface area contributed by atoms with Gasteiger partial charge in [0.2, 0.25) is 5.91 Å². The van der Waals surface area contributed by atoms with Crippen LogP contribution in [0.15, 0.2) is 12.4 Å². The molecule has 0 aromatic carbocycles. The third-order valence-corrected chi connectivity index (χ3v) is 5.34. The molecule has 3 fully saturated rings. The van der Waals surface area contributed by atoms with Crippen LogP contribution >= 0.6 is 0 Å². The minimum atomic E-state index is 0.243. The summed E-state index contributed by atoms with van der Waals surface area (Å²) < 4.78 is 2.09. The zero-order valence-corrected chi connectivity index (χ0v) is 12.6. The van der Waals surface area contributed by atoms with E-state index in [1.54, 1.807) is 0 Å². The first-order chi connectivity index (χ1) is 10.3. The minimum Gasteiger partial charge on any atom is -0.309 e. The Morgan fingerprint density at radius 1 is 1.19 bits per heavy atom. The summed E-state index contributed by atoms with van der Waals surface area (Å²) in [5.74, 6) is 1.19. The Bertz CT molecular complexity index is 522. The molecule has 1 amide bonds. The first kappa shape index (κ1) is 13.3. The maximum atomic E-state index is 11.8. The van der Waals surface area contributed by atoms with Gasteiger partial charge in [0.1, 0.15) is 0 Å². The molecule has 0 N–H and O–H groups in total. The van der Waals surface area contributed by atoms with Gasteiger partial charge in [-0.3, -0.25) is 9.48 Å². The molecule has 1 aromatic rings. The van der Waals surface area contributed by atoms with Gasteiger partial charge < -0.3 is 9.80 Å². The lowest BCUT2D eigenvalue weighted by Crippen LogP contribution is -2.31. The van der Waals surface area contributed by atoms with Crippen molar-refractivity contribution in [2.24, 2.45) is 5.92 Å². The quantitative estimate of drug-likeness (QED) is 0.851. The molecule has 5 heteroatoms. The molecule has 1 unspecified atom stereocenters. The summed E-state index contributed by atoms with van der Waals surface area (Å²) in [4.78, 5) is 16.3. The summed E-state index contributed by atoms with van der Waals surface area (Å²) in [6.07, 6.45) is 11.0. The second-order valence-corrected chi connectivity index (χ2v) is 6.83. The van der Waals surface area contributed by atoms with Crippen LogP contribution in [0.3, 0.4) is 0 Å². The highest BCUT2D eigenvalue weighted by Gasteiger charge is 2.29. The van der Waals surface area contributed by atoms with Crippen LogP contribution in [0.2, 0.25) is 0 Å². The van der Waals surface area contributed by atoms with Crippen LogP contribution in [0.5, 0.6) is 0 Å². The molecular weight excluding hydrogens is 264 g/mol. The van der Waals surface area contributed by atoms with Gasteiger partial charge in [-0.1, -0.05) is 6.42 Å². The molecule has 2 aliphatic heterocycles. The molecule has 1 saturated carbocycles. The van der Waals surface area contributed by atoms with Gasteiger partial charge in [0.05, 0.1) is 17.9 Å². The Hall–Kier alpha value is -1.36. The van der Waals surface area contributed by atoms with Crippen LogP contribution in [-0.2, 0) is 4.79 Å². The molecule has 1 aromatic heterocycles. The summed E-state index contributed by atoms with van der Waals surface area (Å²) in [6.45, 7) is 4.43. The predicted octanol–water partition coefficient (Wildman–Crippen LogP) is 2.06. The highest BCUT2D eigenvalue weighted by molar-refractivity contribution is 5.95. The lowest BCUT2D eigenvalue weighted by Gasteiger charge is -2.29. The first-order valence-electron chi connectivity index (χ1n) is 8.36. The minimum absolute atomic E-state index is 0.243. The number of nitrogens with zero attached hydrogens (tertiary/aromatic N) is 4. The number of hydrogen-bond donors (Lipinski definition) is 0. The predicted molar refractivity (Wildman–Crippen MR) is 81.2 cm³/mol. The average Bonchev–Trinajstić information content (AvgIpc) is 3.13. The van der Waals surface area contributed by atoms with E-state index in [1.165, 1.54) is 38.8 Å². The lowest BCUT2D eigenvalue weighted by atomic mass is 9.85. The number of anilines is 1. The molecule has 2 saturated heterocycles. The Morgan fingerprint density at radius 2 is 2.10 bits per heavy atom. The molecule has 0 radical (unpaired) electrons. The van der Waals surface area contributed by atoms with Crippen molar-refractivity contribution in [3.63, 3.8) is 0 Å². The molecule has 21 heavy (non-hydrogen) atoms. The van der Waals surface area contributed by atoms with Crippen LogP contribution in [-0.4, -0.2) is 46.8 Å². The number of amides is 1. The van der Waals surface area contributed by atoms with Crippen molar-refractivity contribution in [2.45, 2.75) is 44.6 Å². The smallest absolute Gasteiger partial charge is 0.227 e. The van der Waals surface area contributed by atoms with Crippen LogP contribution in [0.4, 0.5) is 5.69 Å². The molecule has 0 bridgehead atoms. The summed E-state index contributed by atoms with van der Waals surface area (Å²) in [5.41, 5.74) is 0.981. The van der Waals surface area contributed by atoms with Gasteiger partial charge in [-0.15, -0.1) is 0 Å². The van der Waals surface area contributed by atoms with E-state index in [-0.39, 0.29) is 5.91 Å². The molecular formula is C16H24N4O. The van der Waals surface area contributed by atoms with Crippen molar-refractivity contribution in [3.8, 4) is 0 Å². The second-order valence-electron chi connectivity index (χ2n) is 6.83. The largest absolute Gasteiger partial charge is 0.309 e. The van der Waals surface area contributed by atoms with Crippen LogP contribution < -0.4 is 4.90 Å². The van der Waals surface area contributed by atoms with Crippen molar-refractivity contribution < 1.29 is 4.79 Å². The monoisotopic (exact) mass is 288 g/mol.